The minimum atomic E-state index is 0. The largest absolute Gasteiger partial charge is 0.314 e. The Balaban J connectivity index is 0.00000208. The zero-order valence-electron chi connectivity index (χ0n) is 13.7. The Labute approximate surface area is 153 Å². The van der Waals surface area contributed by atoms with E-state index in [1.165, 1.54) is 16.2 Å². The molecule has 3 aromatic rings. The second-order valence-corrected chi connectivity index (χ2v) is 6.42. The average Bonchev–Trinajstić information content (AvgIpc) is 2.97. The van der Waals surface area contributed by atoms with Gasteiger partial charge in [0.05, 0.1) is 17.3 Å². The number of hydrogen-bond donors (Lipinski definition) is 1. The summed E-state index contributed by atoms with van der Waals surface area (Å²) < 4.78 is 2.11. The Morgan fingerprint density at radius 2 is 1.58 bits per heavy atom. The predicted octanol–water partition coefficient (Wildman–Crippen LogP) is 4.36. The third kappa shape index (κ3) is 5.13. The van der Waals surface area contributed by atoms with Gasteiger partial charge in [0.2, 0.25) is 0 Å². The molecule has 0 aliphatic heterocycles. The van der Waals surface area contributed by atoms with Gasteiger partial charge in [0.25, 0.3) is 0 Å². The molecule has 0 aliphatic rings. The lowest BCUT2D eigenvalue weighted by molar-refractivity contribution is 0.614. The van der Waals surface area contributed by atoms with Gasteiger partial charge in [-0.25, -0.2) is 0 Å². The molecule has 0 saturated heterocycles. The first-order valence-electron chi connectivity index (χ1n) is 7.77. The second-order valence-electron chi connectivity index (χ2n) is 5.42. The molecule has 24 heavy (non-hydrogen) atoms. The normalized spacial score (nSPS) is 10.4. The monoisotopic (exact) mass is 359 g/mol. The summed E-state index contributed by atoms with van der Waals surface area (Å²) in [4.78, 5) is 0. The smallest absolute Gasteiger partial charge is 0.0950 e. The van der Waals surface area contributed by atoms with Gasteiger partial charge in [-0.2, -0.15) is 5.10 Å². The van der Waals surface area contributed by atoms with E-state index in [9.17, 15) is 0 Å². The Morgan fingerprint density at radius 3 is 2.21 bits per heavy atom. The fraction of sp³-hybridized carbons (Fsp3) is 0.211. The topological polar surface area (TPSA) is 29.9 Å². The molecule has 0 saturated carbocycles. The lowest BCUT2D eigenvalue weighted by atomic mass is 10.2. The standard InChI is InChI=1S/C19H21N3S.ClH/c1-20-13-18-12-19(23-15-17-10-6-3-7-11-17)22(21-18)14-16-8-4-2-5-9-16;/h2-12,20H,13-15H2,1H3;1H. The molecule has 0 atom stereocenters. The van der Waals surface area contributed by atoms with Crippen LogP contribution in [0.4, 0.5) is 0 Å². The molecule has 0 unspecified atom stereocenters. The summed E-state index contributed by atoms with van der Waals surface area (Å²) in [6.45, 7) is 1.60. The highest BCUT2D eigenvalue weighted by atomic mass is 35.5. The van der Waals surface area contributed by atoms with Gasteiger partial charge in [-0.05, 0) is 24.2 Å². The summed E-state index contributed by atoms with van der Waals surface area (Å²) in [5, 5.41) is 9.13. The van der Waals surface area contributed by atoms with Crippen molar-refractivity contribution in [2.24, 2.45) is 0 Å². The number of aromatic nitrogens is 2. The van der Waals surface area contributed by atoms with E-state index in [2.05, 4.69) is 70.7 Å². The van der Waals surface area contributed by atoms with Gasteiger partial charge >= 0.3 is 0 Å². The third-order valence-electron chi connectivity index (χ3n) is 3.56. The number of nitrogens with zero attached hydrogens (tertiary/aromatic N) is 2. The minimum absolute atomic E-state index is 0. The minimum Gasteiger partial charge on any atom is -0.314 e. The lowest BCUT2D eigenvalue weighted by Crippen LogP contribution is -2.08. The highest BCUT2D eigenvalue weighted by molar-refractivity contribution is 7.98. The van der Waals surface area contributed by atoms with Crippen molar-refractivity contribution in [3.8, 4) is 0 Å². The van der Waals surface area contributed by atoms with Crippen LogP contribution in [0, 0.1) is 0 Å². The summed E-state index contributed by atoms with van der Waals surface area (Å²) in [5.41, 5.74) is 3.69. The van der Waals surface area contributed by atoms with Gasteiger partial charge in [0, 0.05) is 12.3 Å². The maximum absolute atomic E-state index is 4.74. The molecule has 0 aliphatic carbocycles. The van der Waals surface area contributed by atoms with Crippen molar-refractivity contribution < 1.29 is 0 Å². The molecular weight excluding hydrogens is 338 g/mol. The summed E-state index contributed by atoms with van der Waals surface area (Å²) in [5.74, 6) is 0.959. The van der Waals surface area contributed by atoms with Gasteiger partial charge in [0.1, 0.15) is 0 Å². The molecule has 1 heterocycles. The van der Waals surface area contributed by atoms with Gasteiger partial charge in [-0.1, -0.05) is 60.7 Å². The molecule has 0 amide bonds. The molecule has 3 nitrogen and oxygen atoms in total. The highest BCUT2D eigenvalue weighted by Gasteiger charge is 2.09. The molecule has 126 valence electrons. The summed E-state index contributed by atoms with van der Waals surface area (Å²) in [7, 11) is 1.95. The maximum atomic E-state index is 4.74. The van der Waals surface area contributed by atoms with Crippen molar-refractivity contribution in [2.45, 2.75) is 23.9 Å². The van der Waals surface area contributed by atoms with Crippen molar-refractivity contribution in [2.75, 3.05) is 7.05 Å². The second kappa shape index (κ2) is 9.52. The van der Waals surface area contributed by atoms with Crippen molar-refractivity contribution in [3.63, 3.8) is 0 Å². The maximum Gasteiger partial charge on any atom is 0.0950 e. The van der Waals surface area contributed by atoms with Crippen molar-refractivity contribution in [1.29, 1.82) is 0 Å². The first-order chi connectivity index (χ1) is 11.3. The Morgan fingerprint density at radius 1 is 0.958 bits per heavy atom. The van der Waals surface area contributed by atoms with Crippen LogP contribution in [0.1, 0.15) is 16.8 Å². The number of rotatable bonds is 7. The molecule has 1 N–H and O–H groups in total. The highest BCUT2D eigenvalue weighted by Crippen LogP contribution is 2.24. The van der Waals surface area contributed by atoms with Crippen molar-refractivity contribution in [1.82, 2.24) is 15.1 Å². The number of halogens is 1. The molecular formula is C19H22ClN3S. The van der Waals surface area contributed by atoms with E-state index in [1.807, 2.05) is 24.9 Å². The van der Waals surface area contributed by atoms with Gasteiger partial charge in [-0.3, -0.25) is 4.68 Å². The summed E-state index contributed by atoms with van der Waals surface area (Å²) in [6, 6.07) is 23.2. The van der Waals surface area contributed by atoms with Crippen molar-refractivity contribution >= 4 is 24.2 Å². The lowest BCUT2D eigenvalue weighted by Gasteiger charge is -2.07. The third-order valence-corrected chi connectivity index (χ3v) is 4.66. The van der Waals surface area contributed by atoms with E-state index < -0.39 is 0 Å². The van der Waals surface area contributed by atoms with Crippen LogP contribution in [0.2, 0.25) is 0 Å². The molecule has 3 rings (SSSR count). The molecule has 0 radical (unpaired) electrons. The zero-order chi connectivity index (χ0) is 15.9. The van der Waals surface area contributed by atoms with Crippen LogP contribution in [0.15, 0.2) is 71.8 Å². The summed E-state index contributed by atoms with van der Waals surface area (Å²) >= 11 is 1.84. The Hall–Kier alpha value is -1.75. The quantitative estimate of drug-likeness (QED) is 0.635. The molecule has 0 spiro atoms. The number of hydrogen-bond acceptors (Lipinski definition) is 3. The van der Waals surface area contributed by atoms with E-state index in [0.29, 0.717) is 0 Å². The Kier molecular flexibility index (Phi) is 7.37. The first-order valence-corrected chi connectivity index (χ1v) is 8.75. The average molecular weight is 360 g/mol. The van der Waals surface area contributed by atoms with Crippen LogP contribution >= 0.6 is 24.2 Å². The van der Waals surface area contributed by atoms with Gasteiger partial charge in [-0.15, -0.1) is 24.2 Å². The van der Waals surface area contributed by atoms with Crippen LogP contribution in [0.25, 0.3) is 0 Å². The van der Waals surface area contributed by atoms with Crippen LogP contribution in [-0.4, -0.2) is 16.8 Å². The van der Waals surface area contributed by atoms with Crippen LogP contribution < -0.4 is 5.32 Å². The van der Waals surface area contributed by atoms with Crippen LogP contribution in [0.3, 0.4) is 0 Å². The SMILES string of the molecule is CNCc1cc(SCc2ccccc2)n(Cc2ccccc2)n1.Cl. The number of benzene rings is 2. The fourth-order valence-corrected chi connectivity index (χ4v) is 3.42. The van der Waals surface area contributed by atoms with Gasteiger partial charge < -0.3 is 5.32 Å². The first kappa shape index (κ1) is 18.6. The van der Waals surface area contributed by atoms with Crippen LogP contribution in [-0.2, 0) is 18.8 Å². The fourth-order valence-electron chi connectivity index (χ4n) is 2.44. The summed E-state index contributed by atoms with van der Waals surface area (Å²) in [6.07, 6.45) is 0. The number of thioether (sulfide) groups is 1. The molecule has 5 heteroatoms. The molecule has 2 aromatic carbocycles. The van der Waals surface area contributed by atoms with E-state index in [1.54, 1.807) is 0 Å². The van der Waals surface area contributed by atoms with Gasteiger partial charge in [0.15, 0.2) is 0 Å². The molecule has 0 bridgehead atoms. The van der Waals surface area contributed by atoms with E-state index >= 15 is 0 Å². The van der Waals surface area contributed by atoms with E-state index in [4.69, 9.17) is 5.10 Å². The number of nitrogens with one attached hydrogen (secondary N) is 1. The predicted molar refractivity (Wildman–Crippen MR) is 104 cm³/mol. The molecule has 1 aromatic heterocycles. The molecule has 0 fully saturated rings. The van der Waals surface area contributed by atoms with Crippen LogP contribution in [0.5, 0.6) is 0 Å². The Bertz CT molecular complexity index is 729. The van der Waals surface area contributed by atoms with E-state index in [-0.39, 0.29) is 12.4 Å². The zero-order valence-corrected chi connectivity index (χ0v) is 15.3. The van der Waals surface area contributed by atoms with Crippen molar-refractivity contribution in [3.05, 3.63) is 83.6 Å². The van der Waals surface area contributed by atoms with E-state index in [0.717, 1.165) is 24.5 Å².